The van der Waals surface area contributed by atoms with Gasteiger partial charge in [0.2, 0.25) is 5.88 Å². The highest BCUT2D eigenvalue weighted by Gasteiger charge is 2.34. The number of benzene rings is 3. The van der Waals surface area contributed by atoms with E-state index in [1.807, 2.05) is 11.9 Å². The molecule has 230 valence electrons. The van der Waals surface area contributed by atoms with E-state index in [4.69, 9.17) is 14.2 Å². The van der Waals surface area contributed by atoms with Crippen LogP contribution in [0, 0.1) is 0 Å². The van der Waals surface area contributed by atoms with Gasteiger partial charge in [0.05, 0.1) is 30.7 Å². The van der Waals surface area contributed by atoms with Gasteiger partial charge in [-0.2, -0.15) is 13.2 Å². The van der Waals surface area contributed by atoms with Crippen molar-refractivity contribution >= 4 is 28.3 Å². The Balaban J connectivity index is 1.28. The van der Waals surface area contributed by atoms with Gasteiger partial charge < -0.3 is 24.4 Å². The van der Waals surface area contributed by atoms with Crippen LogP contribution in [0.2, 0.25) is 0 Å². The third kappa shape index (κ3) is 6.90. The van der Waals surface area contributed by atoms with Crippen LogP contribution in [0.1, 0.15) is 21.5 Å². The Morgan fingerprint density at radius 3 is 2.25 bits per heavy atom. The molecule has 1 fully saturated rings. The summed E-state index contributed by atoms with van der Waals surface area (Å²) in [5.74, 6) is -0.496. The van der Waals surface area contributed by atoms with Crippen LogP contribution in [0.4, 0.5) is 18.9 Å². The number of carbonyl (C=O) groups excluding carboxylic acids is 2. The van der Waals surface area contributed by atoms with Gasteiger partial charge >= 0.3 is 6.18 Å². The summed E-state index contributed by atoms with van der Waals surface area (Å²) in [5.41, 5.74) is -0.290. The van der Waals surface area contributed by atoms with Crippen LogP contribution in [0.3, 0.4) is 0 Å². The number of fused-ring (bicyclic) bond motifs is 1. The molecule has 0 unspecified atom stereocenters. The van der Waals surface area contributed by atoms with Crippen molar-refractivity contribution in [3.63, 3.8) is 0 Å². The van der Waals surface area contributed by atoms with Crippen molar-refractivity contribution in [2.24, 2.45) is 0 Å². The van der Waals surface area contributed by atoms with Crippen LogP contribution >= 0.6 is 0 Å². The van der Waals surface area contributed by atoms with Crippen LogP contribution in [-0.2, 0) is 17.5 Å². The Hall–Kier alpha value is -4.75. The Morgan fingerprint density at radius 2 is 1.59 bits per heavy atom. The van der Waals surface area contributed by atoms with E-state index in [-0.39, 0.29) is 29.2 Å². The highest BCUT2D eigenvalue weighted by Crippen LogP contribution is 2.36. The number of Topliss-reactive ketones (excluding diaryl/α,β-unsaturated/α-hetero) is 1. The summed E-state index contributed by atoms with van der Waals surface area (Å²) in [6.07, 6.45) is -3.30. The van der Waals surface area contributed by atoms with Crippen molar-refractivity contribution in [2.45, 2.75) is 12.7 Å². The fraction of sp³-hybridized carbons (Fsp3) is 0.290. The number of aromatic nitrogens is 2. The predicted molar refractivity (Wildman–Crippen MR) is 156 cm³/mol. The highest BCUT2D eigenvalue weighted by molar-refractivity contribution is 6.46. The lowest BCUT2D eigenvalue weighted by Crippen LogP contribution is -2.44. The molecule has 0 radical (unpaired) electrons. The molecule has 1 aromatic heterocycles. The lowest BCUT2D eigenvalue weighted by Gasteiger charge is -2.33. The number of hydrogen-bond donors (Lipinski definition) is 1. The van der Waals surface area contributed by atoms with Crippen LogP contribution in [0.5, 0.6) is 23.1 Å². The lowest BCUT2D eigenvalue weighted by atomic mass is 10.0. The molecule has 0 atom stereocenters. The van der Waals surface area contributed by atoms with E-state index in [0.29, 0.717) is 41.2 Å². The molecule has 1 saturated heterocycles. The van der Waals surface area contributed by atoms with E-state index in [1.165, 1.54) is 56.9 Å². The zero-order valence-electron chi connectivity index (χ0n) is 24.3. The molecule has 0 spiro atoms. The summed E-state index contributed by atoms with van der Waals surface area (Å²) < 4.78 is 58.3. The molecule has 0 bridgehead atoms. The number of carbonyl (C=O) groups is 2. The first kappa shape index (κ1) is 30.7. The summed E-state index contributed by atoms with van der Waals surface area (Å²) in [7, 11) is 4.98. The number of ketones is 1. The van der Waals surface area contributed by atoms with Crippen molar-refractivity contribution in [2.75, 3.05) is 52.8 Å². The average Bonchev–Trinajstić information content (AvgIpc) is 3.01. The standard InChI is InChI=1S/C31H30F3N5O5/c1-38-10-12-39(13-11-38)17-20-4-7-21(14-24(20)31(32,33)34)37-29(41)28(40)19-5-8-22(9-6-19)44-30-23-15-26(42-2)27(43-3)16-25(23)35-18-36-30/h4-9,14-16,18H,10-13,17H2,1-3H3,(H,37,41). The quantitative estimate of drug-likeness (QED) is 0.207. The predicted octanol–water partition coefficient (Wildman–Crippen LogP) is 5.03. The minimum Gasteiger partial charge on any atom is -0.493 e. The Kier molecular flexibility index (Phi) is 8.97. The number of piperazine rings is 1. The van der Waals surface area contributed by atoms with Crippen molar-refractivity contribution < 1.29 is 37.0 Å². The Bertz CT molecular complexity index is 1670. The van der Waals surface area contributed by atoms with Crippen LogP contribution in [0.15, 0.2) is 60.9 Å². The molecule has 1 amide bonds. The van der Waals surface area contributed by atoms with E-state index in [9.17, 15) is 22.8 Å². The molecule has 13 heteroatoms. The van der Waals surface area contributed by atoms with E-state index in [1.54, 1.807) is 12.1 Å². The molecule has 1 aliphatic heterocycles. The van der Waals surface area contributed by atoms with Gasteiger partial charge in [0, 0.05) is 50.0 Å². The third-order valence-electron chi connectivity index (χ3n) is 7.30. The first-order valence-electron chi connectivity index (χ1n) is 13.7. The van der Waals surface area contributed by atoms with Crippen molar-refractivity contribution in [1.29, 1.82) is 0 Å². The maximum Gasteiger partial charge on any atom is 0.416 e. The number of nitrogens with one attached hydrogen (secondary N) is 1. The molecule has 1 aliphatic rings. The average molecular weight is 610 g/mol. The third-order valence-corrected chi connectivity index (χ3v) is 7.30. The van der Waals surface area contributed by atoms with Crippen LogP contribution in [0.25, 0.3) is 10.9 Å². The summed E-state index contributed by atoms with van der Waals surface area (Å²) in [6.45, 7) is 2.99. The molecule has 10 nitrogen and oxygen atoms in total. The summed E-state index contributed by atoms with van der Waals surface area (Å²) in [4.78, 5) is 38.0. The number of methoxy groups -OCH3 is 2. The number of ether oxygens (including phenoxy) is 3. The van der Waals surface area contributed by atoms with Crippen LogP contribution < -0.4 is 19.5 Å². The molecule has 3 aromatic carbocycles. The SMILES string of the molecule is COc1cc2ncnc(Oc3ccc(C(=O)C(=O)Nc4ccc(CN5CCN(C)CC5)c(C(F)(F)F)c4)cc3)c2cc1OC. The Labute approximate surface area is 251 Å². The van der Waals surface area contributed by atoms with Gasteiger partial charge in [-0.25, -0.2) is 9.97 Å². The largest absolute Gasteiger partial charge is 0.493 e. The van der Waals surface area contributed by atoms with E-state index in [2.05, 4.69) is 20.2 Å². The van der Waals surface area contributed by atoms with Crippen molar-refractivity contribution in [1.82, 2.24) is 19.8 Å². The number of likely N-dealkylation sites (N-methyl/N-ethyl adjacent to an activating group) is 1. The lowest BCUT2D eigenvalue weighted by molar-refractivity contribution is -0.138. The number of hydrogen-bond acceptors (Lipinski definition) is 9. The number of amides is 1. The van der Waals surface area contributed by atoms with Crippen molar-refractivity contribution in [3.05, 3.63) is 77.6 Å². The number of halogens is 3. The van der Waals surface area contributed by atoms with Gasteiger partial charge in [-0.3, -0.25) is 14.5 Å². The first-order chi connectivity index (χ1) is 21.0. The molecule has 0 saturated carbocycles. The molecular weight excluding hydrogens is 579 g/mol. The van der Waals surface area contributed by atoms with Gasteiger partial charge in [-0.15, -0.1) is 0 Å². The number of anilines is 1. The molecule has 4 aromatic rings. The minimum atomic E-state index is -4.63. The zero-order valence-corrected chi connectivity index (χ0v) is 24.3. The fourth-order valence-corrected chi connectivity index (χ4v) is 4.85. The zero-order chi connectivity index (χ0) is 31.4. The molecule has 1 N–H and O–H groups in total. The van der Waals surface area contributed by atoms with Crippen molar-refractivity contribution in [3.8, 4) is 23.1 Å². The van der Waals surface area contributed by atoms with Gasteiger partial charge in [-0.05, 0) is 55.1 Å². The topological polar surface area (TPSA) is 106 Å². The van der Waals surface area contributed by atoms with Gasteiger partial charge in [0.1, 0.15) is 12.1 Å². The monoisotopic (exact) mass is 609 g/mol. The van der Waals surface area contributed by atoms with Crippen LogP contribution in [-0.4, -0.2) is 78.9 Å². The smallest absolute Gasteiger partial charge is 0.416 e. The minimum absolute atomic E-state index is 0.0246. The number of nitrogens with zero attached hydrogens (tertiary/aromatic N) is 4. The van der Waals surface area contributed by atoms with Gasteiger partial charge in [0.15, 0.2) is 11.5 Å². The molecular formula is C31H30F3N5O5. The second-order valence-electron chi connectivity index (χ2n) is 10.3. The second kappa shape index (κ2) is 12.9. The Morgan fingerprint density at radius 1 is 0.909 bits per heavy atom. The van der Waals surface area contributed by atoms with Gasteiger partial charge in [-0.1, -0.05) is 6.07 Å². The second-order valence-corrected chi connectivity index (χ2v) is 10.3. The first-order valence-corrected chi connectivity index (χ1v) is 13.7. The number of rotatable bonds is 9. The maximum atomic E-state index is 13.9. The molecule has 0 aliphatic carbocycles. The van der Waals surface area contributed by atoms with Gasteiger partial charge in [0.25, 0.3) is 11.7 Å². The molecule has 2 heterocycles. The number of alkyl halides is 3. The summed E-state index contributed by atoms with van der Waals surface area (Å²) >= 11 is 0. The molecule has 5 rings (SSSR count). The highest BCUT2D eigenvalue weighted by atomic mass is 19.4. The molecule has 44 heavy (non-hydrogen) atoms. The maximum absolute atomic E-state index is 13.9. The van der Waals surface area contributed by atoms with E-state index >= 15 is 0 Å². The summed E-state index contributed by atoms with van der Waals surface area (Å²) in [5, 5.41) is 2.86. The van der Waals surface area contributed by atoms with E-state index in [0.717, 1.165) is 19.2 Å². The fourth-order valence-electron chi connectivity index (χ4n) is 4.85. The van der Waals surface area contributed by atoms with E-state index < -0.39 is 23.4 Å². The summed E-state index contributed by atoms with van der Waals surface area (Å²) in [6, 6.07) is 12.7. The normalized spacial score (nSPS) is 14.3.